The summed E-state index contributed by atoms with van der Waals surface area (Å²) in [5.41, 5.74) is 0.421. The summed E-state index contributed by atoms with van der Waals surface area (Å²) in [6.45, 7) is 6.55. The van der Waals surface area contributed by atoms with Gasteiger partial charge in [0.25, 0.3) is 0 Å². The summed E-state index contributed by atoms with van der Waals surface area (Å²) in [4.78, 5) is 20.8. The summed E-state index contributed by atoms with van der Waals surface area (Å²) in [6, 6.07) is 0. The first kappa shape index (κ1) is 8.86. The molecule has 1 unspecified atom stereocenters. The van der Waals surface area contributed by atoms with Gasteiger partial charge in [-0.15, -0.1) is 0 Å². The highest BCUT2D eigenvalue weighted by molar-refractivity contribution is 5.94. The molecule has 2 nitrogen and oxygen atoms in total. The zero-order valence-electron chi connectivity index (χ0n) is 6.18. The van der Waals surface area contributed by atoms with Gasteiger partial charge < -0.3 is 0 Å². The van der Waals surface area contributed by atoms with E-state index in [9.17, 15) is 9.59 Å². The van der Waals surface area contributed by atoms with Gasteiger partial charge in [-0.25, -0.2) is 4.79 Å². The Bertz CT molecular complexity index is 197. The zero-order chi connectivity index (χ0) is 8.15. The number of hydrogen-bond acceptors (Lipinski definition) is 2. The van der Waals surface area contributed by atoms with Crippen molar-refractivity contribution in [3.05, 3.63) is 18.2 Å². The maximum absolute atomic E-state index is 10.8. The Hall–Kier alpha value is -1.14. The van der Waals surface area contributed by atoms with Gasteiger partial charge in [0.1, 0.15) is 5.94 Å². The molecular weight excluding hydrogens is 128 g/mol. The van der Waals surface area contributed by atoms with E-state index in [4.69, 9.17) is 0 Å². The molecule has 0 radical (unpaired) electrons. The van der Waals surface area contributed by atoms with E-state index >= 15 is 0 Å². The Kier molecular flexibility index (Phi) is 3.37. The molecule has 0 N–H and O–H groups in total. The average molecular weight is 138 g/mol. The van der Waals surface area contributed by atoms with E-state index in [2.05, 4.69) is 6.58 Å². The Labute approximate surface area is 60.2 Å². The molecule has 0 rings (SSSR count). The van der Waals surface area contributed by atoms with Crippen LogP contribution in [-0.2, 0) is 9.59 Å². The standard InChI is InChI=1S/C8H10O2/c1-4-8(10)7(3)6(2)5-9/h4,7H,1H2,2-3H3. The second-order valence-electron chi connectivity index (χ2n) is 2.11. The largest absolute Gasteiger partial charge is 0.294 e. The van der Waals surface area contributed by atoms with Crippen LogP contribution in [0.3, 0.4) is 0 Å². The smallest absolute Gasteiger partial charge is 0.162 e. The van der Waals surface area contributed by atoms with Crippen LogP contribution in [0.4, 0.5) is 0 Å². The lowest BCUT2D eigenvalue weighted by molar-refractivity contribution is -0.116. The van der Waals surface area contributed by atoms with Crippen LogP contribution in [0.2, 0.25) is 0 Å². The van der Waals surface area contributed by atoms with Gasteiger partial charge >= 0.3 is 0 Å². The molecule has 0 aliphatic rings. The number of allylic oxidation sites excluding steroid dienone is 2. The Balaban J connectivity index is 4.36. The van der Waals surface area contributed by atoms with E-state index in [0.717, 1.165) is 0 Å². The molecule has 0 saturated carbocycles. The lowest BCUT2D eigenvalue weighted by atomic mass is 9.99. The van der Waals surface area contributed by atoms with Crippen molar-refractivity contribution < 1.29 is 9.59 Å². The minimum Gasteiger partial charge on any atom is -0.294 e. The number of carbonyl (C=O) groups excluding carboxylic acids is 2. The molecule has 54 valence electrons. The van der Waals surface area contributed by atoms with Gasteiger partial charge in [0.05, 0.1) is 5.92 Å². The molecule has 0 amide bonds. The maximum atomic E-state index is 10.8. The predicted octanol–water partition coefficient (Wildman–Crippen LogP) is 1.16. The normalized spacial score (nSPS) is 11.4. The topological polar surface area (TPSA) is 34.1 Å². The third-order valence-electron chi connectivity index (χ3n) is 1.44. The Morgan fingerprint density at radius 3 is 2.50 bits per heavy atom. The lowest BCUT2D eigenvalue weighted by Crippen LogP contribution is -2.08. The summed E-state index contributed by atoms with van der Waals surface area (Å²) in [6.07, 6.45) is 1.21. The van der Waals surface area contributed by atoms with Gasteiger partial charge in [0, 0.05) is 5.57 Å². The van der Waals surface area contributed by atoms with E-state index in [1.54, 1.807) is 19.8 Å². The third kappa shape index (κ3) is 2.00. The van der Waals surface area contributed by atoms with Crippen LogP contribution in [0.15, 0.2) is 18.2 Å². The van der Waals surface area contributed by atoms with Crippen molar-refractivity contribution in [2.24, 2.45) is 5.92 Å². The molecule has 0 aromatic heterocycles. The molecule has 0 bridgehead atoms. The first-order valence-electron chi connectivity index (χ1n) is 3.01. The quantitative estimate of drug-likeness (QED) is 0.433. The number of hydrogen-bond donors (Lipinski definition) is 0. The van der Waals surface area contributed by atoms with E-state index in [0.29, 0.717) is 5.57 Å². The first-order valence-corrected chi connectivity index (χ1v) is 3.01. The third-order valence-corrected chi connectivity index (χ3v) is 1.44. The van der Waals surface area contributed by atoms with Gasteiger partial charge in [-0.2, -0.15) is 0 Å². The van der Waals surface area contributed by atoms with Gasteiger partial charge in [-0.05, 0) is 13.0 Å². The molecule has 2 heteroatoms. The van der Waals surface area contributed by atoms with Crippen LogP contribution in [0.1, 0.15) is 13.8 Å². The summed E-state index contributed by atoms with van der Waals surface area (Å²) in [7, 11) is 0. The molecule has 0 heterocycles. The Morgan fingerprint density at radius 2 is 2.20 bits per heavy atom. The summed E-state index contributed by atoms with van der Waals surface area (Å²) >= 11 is 0. The van der Waals surface area contributed by atoms with Crippen LogP contribution in [0.25, 0.3) is 0 Å². The van der Waals surface area contributed by atoms with Crippen molar-refractivity contribution in [2.75, 3.05) is 0 Å². The van der Waals surface area contributed by atoms with Crippen LogP contribution in [0, 0.1) is 5.92 Å². The fourth-order valence-corrected chi connectivity index (χ4v) is 0.479. The van der Waals surface area contributed by atoms with E-state index in [1.807, 2.05) is 0 Å². The zero-order valence-corrected chi connectivity index (χ0v) is 6.18. The van der Waals surface area contributed by atoms with Crippen molar-refractivity contribution in [3.8, 4) is 0 Å². The lowest BCUT2D eigenvalue weighted by Gasteiger charge is -2.01. The second-order valence-corrected chi connectivity index (χ2v) is 2.11. The van der Waals surface area contributed by atoms with Crippen LogP contribution in [0.5, 0.6) is 0 Å². The molecule has 0 aliphatic heterocycles. The highest BCUT2D eigenvalue weighted by atomic mass is 16.1. The van der Waals surface area contributed by atoms with E-state index in [1.165, 1.54) is 6.08 Å². The van der Waals surface area contributed by atoms with Crippen molar-refractivity contribution >= 4 is 11.7 Å². The molecule has 0 aromatic carbocycles. The Morgan fingerprint density at radius 1 is 1.70 bits per heavy atom. The molecule has 0 aromatic rings. The number of carbonyl (C=O) groups is 1. The number of ketones is 1. The van der Waals surface area contributed by atoms with Crippen molar-refractivity contribution in [1.82, 2.24) is 0 Å². The average Bonchev–Trinajstić information content (AvgIpc) is 2.00. The monoisotopic (exact) mass is 138 g/mol. The SMILES string of the molecule is C=CC(=O)C(C)C(C)=C=O. The maximum Gasteiger partial charge on any atom is 0.162 e. The fraction of sp³-hybridized carbons (Fsp3) is 0.375. The number of rotatable bonds is 3. The van der Waals surface area contributed by atoms with E-state index < -0.39 is 0 Å². The predicted molar refractivity (Wildman–Crippen MR) is 39.2 cm³/mol. The molecular formula is C8H10O2. The van der Waals surface area contributed by atoms with Gasteiger partial charge in [0.15, 0.2) is 5.78 Å². The fourth-order valence-electron chi connectivity index (χ4n) is 0.479. The minimum absolute atomic E-state index is 0.138. The van der Waals surface area contributed by atoms with Crippen molar-refractivity contribution in [2.45, 2.75) is 13.8 Å². The summed E-state index contributed by atoms with van der Waals surface area (Å²) in [5.74, 6) is 1.17. The molecule has 1 atom stereocenters. The van der Waals surface area contributed by atoms with Crippen LogP contribution < -0.4 is 0 Å². The molecule has 0 fully saturated rings. The molecule has 0 saturated heterocycles. The highest BCUT2D eigenvalue weighted by Gasteiger charge is 2.10. The van der Waals surface area contributed by atoms with Crippen molar-refractivity contribution in [3.63, 3.8) is 0 Å². The van der Waals surface area contributed by atoms with Crippen LogP contribution in [-0.4, -0.2) is 11.7 Å². The second kappa shape index (κ2) is 3.80. The first-order chi connectivity index (χ1) is 4.63. The van der Waals surface area contributed by atoms with Gasteiger partial charge in [-0.3, -0.25) is 4.79 Å². The molecule has 0 spiro atoms. The van der Waals surface area contributed by atoms with Gasteiger partial charge in [-0.1, -0.05) is 13.5 Å². The van der Waals surface area contributed by atoms with Crippen LogP contribution >= 0.6 is 0 Å². The highest BCUT2D eigenvalue weighted by Crippen LogP contribution is 2.06. The van der Waals surface area contributed by atoms with E-state index in [-0.39, 0.29) is 11.7 Å². The van der Waals surface area contributed by atoms with Gasteiger partial charge in [0.2, 0.25) is 0 Å². The molecule has 0 aliphatic carbocycles. The summed E-state index contributed by atoms with van der Waals surface area (Å²) in [5, 5.41) is 0. The minimum atomic E-state index is -0.366. The molecule has 10 heavy (non-hydrogen) atoms. The summed E-state index contributed by atoms with van der Waals surface area (Å²) < 4.78 is 0. The van der Waals surface area contributed by atoms with Crippen molar-refractivity contribution in [1.29, 1.82) is 0 Å².